The molecule has 0 bridgehead atoms. The van der Waals surface area contributed by atoms with Gasteiger partial charge in [0.25, 0.3) is 0 Å². The zero-order chi connectivity index (χ0) is 18.2. The van der Waals surface area contributed by atoms with Crippen LogP contribution in [0, 0.1) is 0 Å². The van der Waals surface area contributed by atoms with E-state index in [1.165, 1.54) is 0 Å². The minimum Gasteiger partial charge on any atom is -0.455 e. The van der Waals surface area contributed by atoms with Gasteiger partial charge in [-0.1, -0.05) is 48.5 Å². The molecule has 0 saturated carbocycles. The van der Waals surface area contributed by atoms with Crippen LogP contribution in [-0.2, 0) is 0 Å². The number of hydrogen-bond donors (Lipinski definition) is 0. The van der Waals surface area contributed by atoms with Crippen molar-refractivity contribution in [2.45, 2.75) is 0 Å². The van der Waals surface area contributed by atoms with Gasteiger partial charge in [0.2, 0.25) is 5.43 Å². The number of para-hydroxylation sites is 1. The molecule has 27 heavy (non-hydrogen) atoms. The van der Waals surface area contributed by atoms with E-state index in [0.717, 1.165) is 22.4 Å². The van der Waals surface area contributed by atoms with Crippen LogP contribution < -0.4 is 5.43 Å². The fourth-order valence-electron chi connectivity index (χ4n) is 3.41. The lowest BCUT2D eigenvalue weighted by Gasteiger charge is -2.08. The zero-order valence-electron chi connectivity index (χ0n) is 14.4. The lowest BCUT2D eigenvalue weighted by molar-refractivity contribution is 0.661. The molecule has 0 aliphatic carbocycles. The molecular weight excluding hydrogens is 334 g/mol. The first kappa shape index (κ1) is 15.5. The highest BCUT2D eigenvalue weighted by Gasteiger charge is 2.13. The van der Waals surface area contributed by atoms with E-state index in [4.69, 9.17) is 4.42 Å². The minimum atomic E-state index is -0.0244. The molecule has 5 rings (SSSR count). The first-order chi connectivity index (χ1) is 13.3. The topological polar surface area (TPSA) is 43.1 Å². The average Bonchev–Trinajstić information content (AvgIpc) is 2.74. The summed E-state index contributed by atoms with van der Waals surface area (Å²) in [7, 11) is 0. The maximum atomic E-state index is 13.0. The molecule has 0 atom stereocenters. The van der Waals surface area contributed by atoms with Gasteiger partial charge in [0.1, 0.15) is 11.2 Å². The van der Waals surface area contributed by atoms with Crippen molar-refractivity contribution >= 4 is 21.9 Å². The van der Waals surface area contributed by atoms with Crippen molar-refractivity contribution < 1.29 is 4.42 Å². The summed E-state index contributed by atoms with van der Waals surface area (Å²) in [6, 6.07) is 27.1. The minimum absolute atomic E-state index is 0.0244. The van der Waals surface area contributed by atoms with Gasteiger partial charge in [-0.25, -0.2) is 0 Å². The summed E-state index contributed by atoms with van der Waals surface area (Å²) in [5, 5.41) is 1.15. The number of nitrogens with zero attached hydrogens (tertiary/aromatic N) is 1. The smallest absolute Gasteiger partial charge is 0.200 e. The molecule has 3 nitrogen and oxygen atoms in total. The van der Waals surface area contributed by atoms with Gasteiger partial charge in [-0.3, -0.25) is 9.78 Å². The summed E-state index contributed by atoms with van der Waals surface area (Å²) in [4.78, 5) is 17.5. The monoisotopic (exact) mass is 349 g/mol. The first-order valence-electron chi connectivity index (χ1n) is 8.78. The van der Waals surface area contributed by atoms with Crippen LogP contribution in [0.3, 0.4) is 0 Å². The van der Waals surface area contributed by atoms with Crippen molar-refractivity contribution in [1.82, 2.24) is 4.98 Å². The summed E-state index contributed by atoms with van der Waals surface area (Å²) in [5.41, 5.74) is 4.82. The molecule has 0 saturated heterocycles. The lowest BCUT2D eigenvalue weighted by atomic mass is 10.0. The largest absolute Gasteiger partial charge is 0.455 e. The Morgan fingerprint density at radius 3 is 2.37 bits per heavy atom. The van der Waals surface area contributed by atoms with E-state index in [1.54, 1.807) is 12.3 Å². The van der Waals surface area contributed by atoms with Crippen LogP contribution in [0.4, 0.5) is 0 Å². The van der Waals surface area contributed by atoms with Crippen molar-refractivity contribution in [3.8, 4) is 22.4 Å². The van der Waals surface area contributed by atoms with E-state index in [0.29, 0.717) is 21.9 Å². The second-order valence-electron chi connectivity index (χ2n) is 6.41. The highest BCUT2D eigenvalue weighted by atomic mass is 16.3. The molecule has 0 unspecified atom stereocenters. The van der Waals surface area contributed by atoms with Crippen molar-refractivity contribution in [1.29, 1.82) is 0 Å². The van der Waals surface area contributed by atoms with Gasteiger partial charge in [-0.2, -0.15) is 0 Å². The molecule has 0 aliphatic rings. The summed E-state index contributed by atoms with van der Waals surface area (Å²) < 4.78 is 6.23. The number of hydrogen-bond acceptors (Lipinski definition) is 3. The molecule has 0 aliphatic heterocycles. The van der Waals surface area contributed by atoms with E-state index < -0.39 is 0 Å². The summed E-state index contributed by atoms with van der Waals surface area (Å²) in [6.45, 7) is 0. The number of pyridine rings is 1. The van der Waals surface area contributed by atoms with Crippen LogP contribution in [0.25, 0.3) is 44.3 Å². The maximum absolute atomic E-state index is 13.0. The molecule has 3 heteroatoms. The second kappa shape index (κ2) is 6.22. The molecule has 0 radical (unpaired) electrons. The molecule has 0 amide bonds. The normalized spacial score (nSPS) is 11.1. The standard InChI is InChI=1S/C24H15NO2/c26-23-19-13-12-17(16-7-2-1-3-8-16)15-22(19)27-24-18(9-6-10-20(23)24)21-11-4-5-14-25-21/h1-15H. The highest BCUT2D eigenvalue weighted by Crippen LogP contribution is 2.30. The number of fused-ring (bicyclic) bond motifs is 2. The first-order valence-corrected chi connectivity index (χ1v) is 8.78. The zero-order valence-corrected chi connectivity index (χ0v) is 14.4. The van der Waals surface area contributed by atoms with Crippen molar-refractivity contribution in [3.63, 3.8) is 0 Å². The summed E-state index contributed by atoms with van der Waals surface area (Å²) >= 11 is 0. The molecule has 0 fully saturated rings. The Kier molecular flexibility index (Phi) is 3.58. The van der Waals surface area contributed by atoms with Gasteiger partial charge < -0.3 is 4.42 Å². The second-order valence-corrected chi connectivity index (χ2v) is 6.41. The van der Waals surface area contributed by atoms with Crippen LogP contribution in [-0.4, -0.2) is 4.98 Å². The van der Waals surface area contributed by atoms with Gasteiger partial charge >= 0.3 is 0 Å². The van der Waals surface area contributed by atoms with Crippen molar-refractivity contribution in [2.75, 3.05) is 0 Å². The third kappa shape index (κ3) is 2.61. The SMILES string of the molecule is O=c1c2ccc(-c3ccccc3)cc2oc2c(-c3ccccn3)cccc12. The predicted molar refractivity (Wildman–Crippen MR) is 109 cm³/mol. The van der Waals surface area contributed by atoms with E-state index in [2.05, 4.69) is 4.98 Å². The Hall–Kier alpha value is -3.72. The Morgan fingerprint density at radius 2 is 1.56 bits per heavy atom. The van der Waals surface area contributed by atoms with E-state index in [-0.39, 0.29) is 5.43 Å². The predicted octanol–water partition coefficient (Wildman–Crippen LogP) is 5.68. The van der Waals surface area contributed by atoms with Gasteiger partial charge in [0.15, 0.2) is 0 Å². The lowest BCUT2D eigenvalue weighted by Crippen LogP contribution is -2.03. The molecule has 5 aromatic rings. The Morgan fingerprint density at radius 1 is 0.704 bits per heavy atom. The Labute approximate surface area is 155 Å². The van der Waals surface area contributed by atoms with Crippen molar-refractivity contribution in [2.24, 2.45) is 0 Å². The fourth-order valence-corrected chi connectivity index (χ4v) is 3.41. The highest BCUT2D eigenvalue weighted by molar-refractivity contribution is 5.97. The van der Waals surface area contributed by atoms with Crippen molar-refractivity contribution in [3.05, 3.63) is 101 Å². The Balaban J connectivity index is 1.82. The molecule has 0 N–H and O–H groups in total. The van der Waals surface area contributed by atoms with E-state index >= 15 is 0 Å². The van der Waals surface area contributed by atoms with Crippen LogP contribution in [0.1, 0.15) is 0 Å². The third-order valence-corrected chi connectivity index (χ3v) is 4.75. The number of rotatable bonds is 2. The maximum Gasteiger partial charge on any atom is 0.200 e. The average molecular weight is 349 g/mol. The molecule has 3 aromatic carbocycles. The molecular formula is C24H15NO2. The van der Waals surface area contributed by atoms with Gasteiger partial charge in [-0.15, -0.1) is 0 Å². The van der Waals surface area contributed by atoms with Gasteiger partial charge in [-0.05, 0) is 47.5 Å². The van der Waals surface area contributed by atoms with Gasteiger partial charge in [0, 0.05) is 11.8 Å². The quantitative estimate of drug-likeness (QED) is 0.385. The summed E-state index contributed by atoms with van der Waals surface area (Å²) in [6.07, 6.45) is 1.74. The van der Waals surface area contributed by atoms with E-state index in [9.17, 15) is 4.79 Å². The summed E-state index contributed by atoms with van der Waals surface area (Å²) in [5.74, 6) is 0. The third-order valence-electron chi connectivity index (χ3n) is 4.75. The molecule has 0 spiro atoms. The van der Waals surface area contributed by atoms with Crippen LogP contribution in [0.5, 0.6) is 0 Å². The number of benzene rings is 3. The van der Waals surface area contributed by atoms with E-state index in [1.807, 2.05) is 78.9 Å². The van der Waals surface area contributed by atoms with Crippen LogP contribution in [0.2, 0.25) is 0 Å². The Bertz CT molecular complexity index is 1320. The van der Waals surface area contributed by atoms with Crippen LogP contribution in [0.15, 0.2) is 100 Å². The molecule has 2 aromatic heterocycles. The van der Waals surface area contributed by atoms with Crippen LogP contribution >= 0.6 is 0 Å². The fraction of sp³-hybridized carbons (Fsp3) is 0. The number of aromatic nitrogens is 1. The van der Waals surface area contributed by atoms with Gasteiger partial charge in [0.05, 0.1) is 16.5 Å². The molecule has 128 valence electrons. The molecule has 2 heterocycles.